The summed E-state index contributed by atoms with van der Waals surface area (Å²) in [5.74, 6) is 1.29. The number of aromatic nitrogens is 4. The third kappa shape index (κ3) is 2.76. The van der Waals surface area contributed by atoms with E-state index < -0.39 is 0 Å². The number of rotatable bonds is 3. The molecule has 3 aromatic heterocycles. The first kappa shape index (κ1) is 17.0. The van der Waals surface area contributed by atoms with Crippen LogP contribution in [0.3, 0.4) is 0 Å². The first-order valence-electron chi connectivity index (χ1n) is 9.71. The number of aryl methyl sites for hydroxylation is 2. The van der Waals surface area contributed by atoms with Crippen LogP contribution in [-0.4, -0.2) is 32.6 Å². The molecule has 1 aromatic carbocycles. The lowest BCUT2D eigenvalue weighted by atomic mass is 9.70. The summed E-state index contributed by atoms with van der Waals surface area (Å²) in [4.78, 5) is 11.6. The van der Waals surface area contributed by atoms with Gasteiger partial charge in [0.25, 0.3) is 5.95 Å². The lowest BCUT2D eigenvalue weighted by molar-refractivity contribution is 0.369. The summed E-state index contributed by atoms with van der Waals surface area (Å²) in [5.41, 5.74) is 4.56. The van der Waals surface area contributed by atoms with E-state index in [-0.39, 0.29) is 5.41 Å². The number of anilines is 1. The Morgan fingerprint density at radius 3 is 2.50 bits per heavy atom. The van der Waals surface area contributed by atoms with Crippen molar-refractivity contribution in [1.82, 2.24) is 19.5 Å². The molecule has 0 unspecified atom stereocenters. The molecule has 28 heavy (non-hydrogen) atoms. The highest BCUT2D eigenvalue weighted by molar-refractivity contribution is 5.48. The van der Waals surface area contributed by atoms with Gasteiger partial charge >= 0.3 is 0 Å². The molecule has 0 aliphatic carbocycles. The van der Waals surface area contributed by atoms with E-state index >= 15 is 0 Å². The standard InChI is InChI=1S/C22H23N5O/c1-16-8-11-27-15-19(24-20(27)14-16)22(18-6-4-3-5-7-18)9-12-26(13-10-22)21-23-17(2)28-25-21/h3-8,11,14-15H,9-10,12-13H2,1-2H3. The predicted octanol–water partition coefficient (Wildman–Crippen LogP) is 3.92. The summed E-state index contributed by atoms with van der Waals surface area (Å²) in [6.45, 7) is 5.65. The Balaban J connectivity index is 1.55. The Morgan fingerprint density at radius 1 is 1.00 bits per heavy atom. The fourth-order valence-electron chi connectivity index (χ4n) is 4.27. The average Bonchev–Trinajstić information content (AvgIpc) is 3.35. The predicted molar refractivity (Wildman–Crippen MR) is 108 cm³/mol. The Kier molecular flexibility index (Phi) is 3.93. The van der Waals surface area contributed by atoms with Crippen LogP contribution in [0.25, 0.3) is 5.65 Å². The summed E-state index contributed by atoms with van der Waals surface area (Å²) in [6, 6.07) is 15.0. The molecule has 0 atom stereocenters. The largest absolute Gasteiger partial charge is 0.338 e. The van der Waals surface area contributed by atoms with Gasteiger partial charge in [-0.2, -0.15) is 4.98 Å². The summed E-state index contributed by atoms with van der Waals surface area (Å²) in [6.07, 6.45) is 6.19. The molecule has 5 rings (SSSR count). The second-order valence-electron chi connectivity index (χ2n) is 7.64. The van der Waals surface area contributed by atoms with Crippen LogP contribution >= 0.6 is 0 Å². The van der Waals surface area contributed by atoms with Crippen molar-refractivity contribution in [2.24, 2.45) is 0 Å². The molecular formula is C22H23N5O. The Morgan fingerprint density at radius 2 is 1.79 bits per heavy atom. The quantitative estimate of drug-likeness (QED) is 0.545. The summed E-state index contributed by atoms with van der Waals surface area (Å²) >= 11 is 0. The number of nitrogens with zero attached hydrogens (tertiary/aromatic N) is 5. The Hall–Kier alpha value is -3.15. The summed E-state index contributed by atoms with van der Waals surface area (Å²) < 4.78 is 7.30. The van der Waals surface area contributed by atoms with E-state index in [0.29, 0.717) is 11.8 Å². The topological polar surface area (TPSA) is 59.5 Å². The van der Waals surface area contributed by atoms with Gasteiger partial charge in [-0.1, -0.05) is 30.3 Å². The fraction of sp³-hybridized carbons (Fsp3) is 0.318. The van der Waals surface area contributed by atoms with Crippen LogP contribution in [0.1, 0.15) is 35.6 Å². The number of imidazole rings is 1. The van der Waals surface area contributed by atoms with Gasteiger partial charge in [0, 0.05) is 37.8 Å². The monoisotopic (exact) mass is 373 g/mol. The van der Waals surface area contributed by atoms with Gasteiger partial charge in [0.15, 0.2) is 0 Å². The maximum Gasteiger partial charge on any atom is 0.266 e. The smallest absolute Gasteiger partial charge is 0.266 e. The van der Waals surface area contributed by atoms with Crippen LogP contribution < -0.4 is 4.90 Å². The highest BCUT2D eigenvalue weighted by atomic mass is 16.5. The summed E-state index contributed by atoms with van der Waals surface area (Å²) in [5, 5.41) is 4.10. The van der Waals surface area contributed by atoms with Gasteiger partial charge in [0.2, 0.25) is 5.89 Å². The lowest BCUT2D eigenvalue weighted by Crippen LogP contribution is -2.44. The van der Waals surface area contributed by atoms with Crippen molar-refractivity contribution in [3.05, 3.63) is 77.6 Å². The molecule has 142 valence electrons. The van der Waals surface area contributed by atoms with Crippen LogP contribution in [-0.2, 0) is 5.41 Å². The van der Waals surface area contributed by atoms with Gasteiger partial charge in [0.05, 0.1) is 5.69 Å². The second kappa shape index (κ2) is 6.48. The molecule has 0 amide bonds. The Bertz CT molecular complexity index is 1110. The fourth-order valence-corrected chi connectivity index (χ4v) is 4.27. The van der Waals surface area contributed by atoms with Gasteiger partial charge in [-0.05, 0) is 48.2 Å². The van der Waals surface area contributed by atoms with Crippen molar-refractivity contribution in [1.29, 1.82) is 0 Å². The lowest BCUT2D eigenvalue weighted by Gasteiger charge is -2.41. The number of hydrogen-bond acceptors (Lipinski definition) is 5. The zero-order valence-corrected chi connectivity index (χ0v) is 16.2. The maximum absolute atomic E-state index is 5.17. The van der Waals surface area contributed by atoms with Crippen molar-refractivity contribution >= 4 is 11.6 Å². The van der Waals surface area contributed by atoms with Gasteiger partial charge in [0.1, 0.15) is 5.65 Å². The highest BCUT2D eigenvalue weighted by Crippen LogP contribution is 2.41. The second-order valence-corrected chi connectivity index (χ2v) is 7.64. The van der Waals surface area contributed by atoms with Crippen LogP contribution in [0.2, 0.25) is 0 Å². The van der Waals surface area contributed by atoms with Crippen LogP contribution in [0.4, 0.5) is 5.95 Å². The first-order chi connectivity index (χ1) is 13.6. The molecule has 0 bridgehead atoms. The number of pyridine rings is 1. The molecule has 0 radical (unpaired) electrons. The number of piperidine rings is 1. The normalized spacial score (nSPS) is 16.6. The van der Waals surface area contributed by atoms with Gasteiger partial charge in [-0.15, -0.1) is 0 Å². The third-order valence-corrected chi connectivity index (χ3v) is 5.85. The molecule has 0 spiro atoms. The van der Waals surface area contributed by atoms with Crippen LogP contribution in [0.5, 0.6) is 0 Å². The van der Waals surface area contributed by atoms with E-state index in [4.69, 9.17) is 9.51 Å². The van der Waals surface area contributed by atoms with Gasteiger partial charge in [-0.3, -0.25) is 0 Å². The molecule has 4 heterocycles. The molecule has 0 N–H and O–H groups in total. The number of benzene rings is 1. The van der Waals surface area contributed by atoms with Crippen molar-refractivity contribution in [3.8, 4) is 0 Å². The van der Waals surface area contributed by atoms with E-state index in [1.807, 2.05) is 6.92 Å². The number of fused-ring (bicyclic) bond motifs is 1. The molecule has 1 aliphatic rings. The molecule has 1 fully saturated rings. The van der Waals surface area contributed by atoms with Crippen molar-refractivity contribution in [2.45, 2.75) is 32.1 Å². The molecule has 0 saturated carbocycles. The zero-order valence-electron chi connectivity index (χ0n) is 16.2. The average molecular weight is 373 g/mol. The van der Waals surface area contributed by atoms with E-state index in [1.165, 1.54) is 11.1 Å². The minimum absolute atomic E-state index is 0.115. The van der Waals surface area contributed by atoms with Crippen LogP contribution in [0.15, 0.2) is 59.4 Å². The van der Waals surface area contributed by atoms with Crippen molar-refractivity contribution in [2.75, 3.05) is 18.0 Å². The Labute approximate surface area is 163 Å². The molecule has 6 heteroatoms. The highest BCUT2D eigenvalue weighted by Gasteiger charge is 2.40. The molecular weight excluding hydrogens is 350 g/mol. The minimum atomic E-state index is -0.115. The zero-order chi connectivity index (χ0) is 19.1. The maximum atomic E-state index is 5.17. The van der Waals surface area contributed by atoms with Gasteiger partial charge in [-0.25, -0.2) is 4.98 Å². The minimum Gasteiger partial charge on any atom is -0.338 e. The van der Waals surface area contributed by atoms with Crippen molar-refractivity contribution in [3.63, 3.8) is 0 Å². The third-order valence-electron chi connectivity index (χ3n) is 5.85. The number of hydrogen-bond donors (Lipinski definition) is 0. The van der Waals surface area contributed by atoms with E-state index in [9.17, 15) is 0 Å². The van der Waals surface area contributed by atoms with Crippen LogP contribution in [0, 0.1) is 13.8 Å². The summed E-state index contributed by atoms with van der Waals surface area (Å²) in [7, 11) is 0. The SMILES string of the molecule is Cc1ccn2cc(C3(c4ccccc4)CCN(c4noc(C)n4)CC3)nc2c1. The first-order valence-corrected chi connectivity index (χ1v) is 9.71. The van der Waals surface area contributed by atoms with Gasteiger partial charge < -0.3 is 13.8 Å². The van der Waals surface area contributed by atoms with E-state index in [0.717, 1.165) is 37.3 Å². The molecule has 1 saturated heterocycles. The molecule has 1 aliphatic heterocycles. The molecule has 6 nitrogen and oxygen atoms in total. The molecule has 4 aromatic rings. The van der Waals surface area contributed by atoms with Crippen molar-refractivity contribution < 1.29 is 4.52 Å². The van der Waals surface area contributed by atoms with E-state index in [2.05, 4.69) is 81.2 Å². The van der Waals surface area contributed by atoms with E-state index in [1.54, 1.807) is 0 Å².